The molecule has 76 valence electrons. The number of carbonyl (C=O) groups is 1. The summed E-state index contributed by atoms with van der Waals surface area (Å²) in [4.78, 5) is 14.6. The van der Waals surface area contributed by atoms with Gasteiger partial charge in [-0.25, -0.2) is 4.98 Å². The first kappa shape index (κ1) is 9.93. The smallest absolute Gasteiger partial charge is 0.307 e. The molecule has 0 unspecified atom stereocenters. The van der Waals surface area contributed by atoms with E-state index in [2.05, 4.69) is 4.98 Å². The summed E-state index contributed by atoms with van der Waals surface area (Å²) >= 11 is 5.75. The van der Waals surface area contributed by atoms with Crippen LogP contribution in [0.5, 0.6) is 0 Å². The summed E-state index contributed by atoms with van der Waals surface area (Å²) in [6.45, 7) is 0. The molecule has 0 aliphatic heterocycles. The molecule has 2 rings (SSSR count). The Morgan fingerprint density at radius 3 is 2.80 bits per heavy atom. The van der Waals surface area contributed by atoms with Gasteiger partial charge in [-0.15, -0.1) is 0 Å². The Balaban J connectivity index is 2.49. The SMILES string of the molecule is O=C(O)Cc1ccc2ccc(Cl)nc2c1. The number of halogens is 1. The summed E-state index contributed by atoms with van der Waals surface area (Å²) in [6, 6.07) is 8.94. The van der Waals surface area contributed by atoms with Crippen LogP contribution in [0.4, 0.5) is 0 Å². The molecule has 1 N–H and O–H groups in total. The van der Waals surface area contributed by atoms with E-state index >= 15 is 0 Å². The van der Waals surface area contributed by atoms with Crippen LogP contribution in [-0.4, -0.2) is 16.1 Å². The zero-order chi connectivity index (χ0) is 10.8. The van der Waals surface area contributed by atoms with E-state index in [1.54, 1.807) is 18.2 Å². The van der Waals surface area contributed by atoms with Crippen LogP contribution in [0, 0.1) is 0 Å². The molecule has 3 nitrogen and oxygen atoms in total. The average molecular weight is 222 g/mol. The molecule has 0 amide bonds. The Hall–Kier alpha value is -1.61. The van der Waals surface area contributed by atoms with E-state index in [1.807, 2.05) is 12.1 Å². The normalized spacial score (nSPS) is 10.5. The molecule has 0 atom stereocenters. The van der Waals surface area contributed by atoms with Crippen molar-refractivity contribution in [2.45, 2.75) is 6.42 Å². The van der Waals surface area contributed by atoms with E-state index in [0.717, 1.165) is 16.5 Å². The molecule has 0 fully saturated rings. The Bertz CT molecular complexity index is 525. The lowest BCUT2D eigenvalue weighted by atomic mass is 10.1. The van der Waals surface area contributed by atoms with Gasteiger partial charge in [0.25, 0.3) is 0 Å². The minimum Gasteiger partial charge on any atom is -0.481 e. The molecule has 15 heavy (non-hydrogen) atoms. The van der Waals surface area contributed by atoms with E-state index in [-0.39, 0.29) is 6.42 Å². The maximum absolute atomic E-state index is 10.5. The summed E-state index contributed by atoms with van der Waals surface area (Å²) in [5, 5.41) is 10.0. The first-order chi connectivity index (χ1) is 7.15. The van der Waals surface area contributed by atoms with Crippen molar-refractivity contribution < 1.29 is 9.90 Å². The van der Waals surface area contributed by atoms with Crippen LogP contribution in [0.25, 0.3) is 10.9 Å². The van der Waals surface area contributed by atoms with E-state index in [0.29, 0.717) is 5.15 Å². The molecule has 1 heterocycles. The quantitative estimate of drug-likeness (QED) is 0.793. The van der Waals surface area contributed by atoms with E-state index in [4.69, 9.17) is 16.7 Å². The van der Waals surface area contributed by atoms with Crippen molar-refractivity contribution in [1.29, 1.82) is 0 Å². The molecule has 0 spiro atoms. The number of benzene rings is 1. The van der Waals surface area contributed by atoms with Crippen molar-refractivity contribution in [2.75, 3.05) is 0 Å². The molecule has 1 aromatic heterocycles. The van der Waals surface area contributed by atoms with Crippen LogP contribution in [0.15, 0.2) is 30.3 Å². The van der Waals surface area contributed by atoms with Gasteiger partial charge in [0.15, 0.2) is 0 Å². The lowest BCUT2D eigenvalue weighted by Crippen LogP contribution is -1.99. The number of fused-ring (bicyclic) bond motifs is 1. The number of nitrogens with zero attached hydrogens (tertiary/aromatic N) is 1. The van der Waals surface area contributed by atoms with Crippen LogP contribution in [0.2, 0.25) is 5.15 Å². The van der Waals surface area contributed by atoms with Gasteiger partial charge in [0.1, 0.15) is 5.15 Å². The van der Waals surface area contributed by atoms with Crippen molar-refractivity contribution in [3.05, 3.63) is 41.0 Å². The maximum atomic E-state index is 10.5. The average Bonchev–Trinajstić information content (AvgIpc) is 2.16. The Labute approximate surface area is 91.3 Å². The minimum absolute atomic E-state index is 0.00410. The Morgan fingerprint density at radius 2 is 2.07 bits per heavy atom. The number of pyridine rings is 1. The number of carboxylic acids is 1. The fourth-order valence-corrected chi connectivity index (χ4v) is 1.58. The molecule has 0 aliphatic rings. The fraction of sp³-hybridized carbons (Fsp3) is 0.0909. The van der Waals surface area contributed by atoms with Gasteiger partial charge in [-0.05, 0) is 23.8 Å². The van der Waals surface area contributed by atoms with Gasteiger partial charge < -0.3 is 5.11 Å². The summed E-state index contributed by atoms with van der Waals surface area (Å²) in [5.41, 5.74) is 1.45. The highest BCUT2D eigenvalue weighted by atomic mass is 35.5. The topological polar surface area (TPSA) is 50.2 Å². The molecule has 0 saturated carbocycles. The van der Waals surface area contributed by atoms with Crippen LogP contribution in [0.1, 0.15) is 5.56 Å². The predicted octanol–water partition coefficient (Wildman–Crippen LogP) is 2.52. The van der Waals surface area contributed by atoms with Gasteiger partial charge in [0.05, 0.1) is 11.9 Å². The summed E-state index contributed by atoms with van der Waals surface area (Å²) in [6.07, 6.45) is 0.00410. The van der Waals surface area contributed by atoms with Gasteiger partial charge in [-0.2, -0.15) is 0 Å². The van der Waals surface area contributed by atoms with Crippen molar-refractivity contribution in [1.82, 2.24) is 4.98 Å². The van der Waals surface area contributed by atoms with Crippen LogP contribution >= 0.6 is 11.6 Å². The zero-order valence-electron chi connectivity index (χ0n) is 7.77. The van der Waals surface area contributed by atoms with Crippen molar-refractivity contribution in [3.63, 3.8) is 0 Å². The molecular weight excluding hydrogens is 214 g/mol. The van der Waals surface area contributed by atoms with Gasteiger partial charge >= 0.3 is 5.97 Å². The molecule has 0 radical (unpaired) electrons. The number of hydrogen-bond donors (Lipinski definition) is 1. The molecular formula is C11H8ClNO2. The van der Waals surface area contributed by atoms with Crippen molar-refractivity contribution >= 4 is 28.5 Å². The van der Waals surface area contributed by atoms with Crippen LogP contribution in [-0.2, 0) is 11.2 Å². The summed E-state index contributed by atoms with van der Waals surface area (Å²) in [7, 11) is 0. The zero-order valence-corrected chi connectivity index (χ0v) is 8.53. The second kappa shape index (κ2) is 3.87. The van der Waals surface area contributed by atoms with Gasteiger partial charge in [-0.3, -0.25) is 4.79 Å². The monoisotopic (exact) mass is 221 g/mol. The summed E-state index contributed by atoms with van der Waals surface area (Å²) in [5.74, 6) is -0.851. The highest BCUT2D eigenvalue weighted by molar-refractivity contribution is 6.29. The molecule has 4 heteroatoms. The van der Waals surface area contributed by atoms with E-state index in [9.17, 15) is 4.79 Å². The number of aliphatic carboxylic acids is 1. The van der Waals surface area contributed by atoms with Crippen molar-refractivity contribution in [2.24, 2.45) is 0 Å². The molecule has 0 bridgehead atoms. The predicted molar refractivity (Wildman–Crippen MR) is 58.1 cm³/mol. The number of aromatic nitrogens is 1. The Kier molecular flexibility index (Phi) is 2.56. The standard InChI is InChI=1S/C11H8ClNO2/c12-10-4-3-8-2-1-7(6-11(14)15)5-9(8)13-10/h1-5H,6H2,(H,14,15). The molecule has 1 aromatic carbocycles. The van der Waals surface area contributed by atoms with Gasteiger partial charge in [0.2, 0.25) is 0 Å². The third-order valence-corrected chi connectivity index (χ3v) is 2.29. The van der Waals surface area contributed by atoms with E-state index < -0.39 is 5.97 Å². The minimum atomic E-state index is -0.851. The lowest BCUT2D eigenvalue weighted by molar-refractivity contribution is -0.136. The third-order valence-electron chi connectivity index (χ3n) is 2.08. The van der Waals surface area contributed by atoms with E-state index in [1.165, 1.54) is 0 Å². The second-order valence-corrected chi connectivity index (χ2v) is 3.62. The van der Waals surface area contributed by atoms with Gasteiger partial charge in [-0.1, -0.05) is 23.7 Å². The Morgan fingerprint density at radius 1 is 1.33 bits per heavy atom. The summed E-state index contributed by atoms with van der Waals surface area (Å²) < 4.78 is 0. The molecule has 0 aliphatic carbocycles. The number of carboxylic acid groups (broad SMARTS) is 1. The lowest BCUT2D eigenvalue weighted by Gasteiger charge is -2.00. The number of rotatable bonds is 2. The van der Waals surface area contributed by atoms with Crippen LogP contribution < -0.4 is 0 Å². The first-order valence-corrected chi connectivity index (χ1v) is 4.80. The third kappa shape index (κ3) is 2.25. The second-order valence-electron chi connectivity index (χ2n) is 3.23. The highest BCUT2D eigenvalue weighted by Crippen LogP contribution is 2.17. The molecule has 2 aromatic rings. The number of hydrogen-bond acceptors (Lipinski definition) is 2. The fourth-order valence-electron chi connectivity index (χ4n) is 1.42. The first-order valence-electron chi connectivity index (χ1n) is 4.42. The van der Waals surface area contributed by atoms with Gasteiger partial charge in [0, 0.05) is 5.39 Å². The van der Waals surface area contributed by atoms with Crippen molar-refractivity contribution in [3.8, 4) is 0 Å². The van der Waals surface area contributed by atoms with Crippen LogP contribution in [0.3, 0.4) is 0 Å². The highest BCUT2D eigenvalue weighted by Gasteiger charge is 2.02. The maximum Gasteiger partial charge on any atom is 0.307 e. The molecule has 0 saturated heterocycles. The largest absolute Gasteiger partial charge is 0.481 e.